The number of amides is 1. The molecule has 0 aromatic heterocycles. The van der Waals surface area contributed by atoms with E-state index >= 15 is 0 Å². The van der Waals surface area contributed by atoms with Crippen LogP contribution in [-0.2, 0) is 6.54 Å². The van der Waals surface area contributed by atoms with Gasteiger partial charge in [0, 0.05) is 36.7 Å². The Hall–Kier alpha value is -1.98. The second kappa shape index (κ2) is 9.81. The maximum Gasteiger partial charge on any atom is 0.251 e. The summed E-state index contributed by atoms with van der Waals surface area (Å²) in [6.45, 7) is 7.73. The van der Waals surface area contributed by atoms with Crippen LogP contribution in [0.5, 0.6) is 5.75 Å². The summed E-state index contributed by atoms with van der Waals surface area (Å²) in [5, 5.41) is 2.94. The van der Waals surface area contributed by atoms with Crippen molar-refractivity contribution in [2.45, 2.75) is 26.5 Å². The number of ether oxygens (including phenoxy) is 1. The first-order chi connectivity index (χ1) is 13.1. The van der Waals surface area contributed by atoms with Gasteiger partial charge in [0.15, 0.2) is 0 Å². The first kappa shape index (κ1) is 19.8. The number of benzene rings is 2. The summed E-state index contributed by atoms with van der Waals surface area (Å²) in [5.74, 6) is 3.22. The van der Waals surface area contributed by atoms with E-state index in [-0.39, 0.29) is 12.0 Å². The molecule has 144 valence electrons. The van der Waals surface area contributed by atoms with E-state index < -0.39 is 0 Å². The van der Waals surface area contributed by atoms with E-state index in [2.05, 4.69) is 22.3 Å². The van der Waals surface area contributed by atoms with Crippen LogP contribution < -0.4 is 10.1 Å². The van der Waals surface area contributed by atoms with E-state index in [4.69, 9.17) is 4.74 Å². The van der Waals surface area contributed by atoms with Crippen LogP contribution in [0.4, 0.5) is 0 Å². The quantitative estimate of drug-likeness (QED) is 0.790. The fourth-order valence-corrected chi connectivity index (χ4v) is 4.03. The molecule has 0 bridgehead atoms. The Morgan fingerprint density at radius 2 is 1.93 bits per heavy atom. The Morgan fingerprint density at radius 3 is 2.67 bits per heavy atom. The summed E-state index contributed by atoms with van der Waals surface area (Å²) in [7, 11) is 0. The number of rotatable bonds is 7. The molecule has 27 heavy (non-hydrogen) atoms. The summed E-state index contributed by atoms with van der Waals surface area (Å²) in [6.07, 6.45) is -0.0963. The van der Waals surface area contributed by atoms with Crippen molar-refractivity contribution in [2.24, 2.45) is 0 Å². The zero-order chi connectivity index (χ0) is 19.1. The lowest BCUT2D eigenvalue weighted by atomic mass is 10.1. The van der Waals surface area contributed by atoms with Crippen LogP contribution >= 0.6 is 11.8 Å². The van der Waals surface area contributed by atoms with Gasteiger partial charge in [-0.25, -0.2) is 0 Å². The maximum atomic E-state index is 12.2. The van der Waals surface area contributed by atoms with Crippen LogP contribution in [0.15, 0.2) is 48.5 Å². The summed E-state index contributed by atoms with van der Waals surface area (Å²) >= 11 is 2.03. The van der Waals surface area contributed by atoms with Gasteiger partial charge in [0.25, 0.3) is 5.91 Å². The normalized spacial score (nSPS) is 15.9. The zero-order valence-corrected chi connectivity index (χ0v) is 16.9. The molecule has 1 N–H and O–H groups in total. The van der Waals surface area contributed by atoms with Crippen molar-refractivity contribution < 1.29 is 9.53 Å². The molecule has 1 aliphatic rings. The first-order valence-corrected chi connectivity index (χ1v) is 10.7. The second-order valence-electron chi connectivity index (χ2n) is 7.04. The Bertz CT molecular complexity index is 742. The van der Waals surface area contributed by atoms with Gasteiger partial charge in [0.1, 0.15) is 11.9 Å². The third-order valence-corrected chi connectivity index (χ3v) is 5.55. The molecule has 0 saturated carbocycles. The molecule has 0 unspecified atom stereocenters. The molecule has 1 saturated heterocycles. The van der Waals surface area contributed by atoms with Crippen LogP contribution in [0.25, 0.3) is 0 Å². The molecule has 1 fully saturated rings. The van der Waals surface area contributed by atoms with Crippen LogP contribution in [0, 0.1) is 6.92 Å². The molecule has 5 heteroatoms. The fraction of sp³-hybridized carbons (Fsp3) is 0.409. The monoisotopic (exact) mass is 384 g/mol. The van der Waals surface area contributed by atoms with Crippen molar-refractivity contribution in [3.05, 3.63) is 65.2 Å². The van der Waals surface area contributed by atoms with Gasteiger partial charge in [-0.2, -0.15) is 11.8 Å². The molecule has 0 aliphatic carbocycles. The van der Waals surface area contributed by atoms with Gasteiger partial charge in [-0.05, 0) is 43.7 Å². The van der Waals surface area contributed by atoms with E-state index in [9.17, 15) is 4.79 Å². The van der Waals surface area contributed by atoms with Gasteiger partial charge in [-0.3, -0.25) is 9.69 Å². The third-order valence-electron chi connectivity index (χ3n) is 4.61. The summed E-state index contributed by atoms with van der Waals surface area (Å²) in [5.41, 5.74) is 3.09. The lowest BCUT2D eigenvalue weighted by molar-refractivity contribution is 0.0932. The zero-order valence-electron chi connectivity index (χ0n) is 16.1. The highest BCUT2D eigenvalue weighted by atomic mass is 32.2. The van der Waals surface area contributed by atoms with Gasteiger partial charge in [0.05, 0.1) is 6.54 Å². The third kappa shape index (κ3) is 6.29. The van der Waals surface area contributed by atoms with Gasteiger partial charge in [0.2, 0.25) is 0 Å². The predicted molar refractivity (Wildman–Crippen MR) is 113 cm³/mol. The average Bonchev–Trinajstić information content (AvgIpc) is 2.68. The molecule has 3 rings (SSSR count). The smallest absolute Gasteiger partial charge is 0.251 e. The molecule has 1 heterocycles. The SMILES string of the molecule is Cc1ccc(C(=O)NC[C@@H](C)Oc2cccc(CN3CCSCC3)c2)cc1. The van der Waals surface area contributed by atoms with Crippen molar-refractivity contribution in [3.8, 4) is 5.75 Å². The Labute approximate surface area is 166 Å². The summed E-state index contributed by atoms with van der Waals surface area (Å²) in [4.78, 5) is 14.7. The highest BCUT2D eigenvalue weighted by molar-refractivity contribution is 7.99. The molecule has 2 aromatic carbocycles. The summed E-state index contributed by atoms with van der Waals surface area (Å²) < 4.78 is 6.01. The van der Waals surface area contributed by atoms with E-state index in [1.807, 2.05) is 62.0 Å². The molecule has 2 aromatic rings. The number of thioether (sulfide) groups is 1. The second-order valence-corrected chi connectivity index (χ2v) is 8.27. The lowest BCUT2D eigenvalue weighted by Gasteiger charge is -2.26. The predicted octanol–water partition coefficient (Wildman–Crippen LogP) is 3.74. The van der Waals surface area contributed by atoms with Gasteiger partial charge in [-0.15, -0.1) is 0 Å². The van der Waals surface area contributed by atoms with Crippen LogP contribution in [-0.4, -0.2) is 48.1 Å². The van der Waals surface area contributed by atoms with Crippen molar-refractivity contribution in [3.63, 3.8) is 0 Å². The first-order valence-electron chi connectivity index (χ1n) is 9.51. The number of nitrogens with zero attached hydrogens (tertiary/aromatic N) is 1. The Balaban J connectivity index is 1.48. The van der Waals surface area contributed by atoms with Crippen molar-refractivity contribution >= 4 is 17.7 Å². The summed E-state index contributed by atoms with van der Waals surface area (Å²) in [6, 6.07) is 15.9. The minimum Gasteiger partial charge on any atom is -0.489 e. The van der Waals surface area contributed by atoms with Crippen molar-refractivity contribution in [1.29, 1.82) is 0 Å². The van der Waals surface area contributed by atoms with Crippen LogP contribution in [0.1, 0.15) is 28.4 Å². The van der Waals surface area contributed by atoms with Crippen LogP contribution in [0.3, 0.4) is 0 Å². The molecular weight excluding hydrogens is 356 g/mol. The number of carbonyl (C=O) groups is 1. The van der Waals surface area contributed by atoms with Crippen molar-refractivity contribution in [2.75, 3.05) is 31.1 Å². The van der Waals surface area contributed by atoms with E-state index in [1.54, 1.807) is 0 Å². The van der Waals surface area contributed by atoms with E-state index in [1.165, 1.54) is 17.1 Å². The lowest BCUT2D eigenvalue weighted by Crippen LogP contribution is -2.33. The van der Waals surface area contributed by atoms with E-state index in [0.717, 1.165) is 30.9 Å². The number of aryl methyl sites for hydroxylation is 1. The molecule has 1 atom stereocenters. The van der Waals surface area contributed by atoms with Gasteiger partial charge in [-0.1, -0.05) is 29.8 Å². The average molecular weight is 385 g/mol. The number of carbonyl (C=O) groups excluding carboxylic acids is 1. The fourth-order valence-electron chi connectivity index (χ4n) is 3.05. The largest absolute Gasteiger partial charge is 0.489 e. The Morgan fingerprint density at radius 1 is 1.19 bits per heavy atom. The number of nitrogens with one attached hydrogen (secondary N) is 1. The highest BCUT2D eigenvalue weighted by Gasteiger charge is 2.12. The van der Waals surface area contributed by atoms with Crippen molar-refractivity contribution in [1.82, 2.24) is 10.2 Å². The molecule has 1 amide bonds. The van der Waals surface area contributed by atoms with Gasteiger partial charge < -0.3 is 10.1 Å². The maximum absolute atomic E-state index is 12.2. The minimum atomic E-state index is -0.0963. The number of hydrogen-bond donors (Lipinski definition) is 1. The molecule has 1 aliphatic heterocycles. The molecule has 0 radical (unpaired) electrons. The number of hydrogen-bond acceptors (Lipinski definition) is 4. The van der Waals surface area contributed by atoms with E-state index in [0.29, 0.717) is 12.1 Å². The molecule has 4 nitrogen and oxygen atoms in total. The molecular formula is C22H28N2O2S. The highest BCUT2D eigenvalue weighted by Crippen LogP contribution is 2.18. The molecule has 0 spiro atoms. The van der Waals surface area contributed by atoms with Gasteiger partial charge >= 0.3 is 0 Å². The minimum absolute atomic E-state index is 0.0674. The topological polar surface area (TPSA) is 41.6 Å². The standard InChI is InChI=1S/C22H28N2O2S/c1-17-6-8-20(9-7-17)22(25)23-15-18(2)26-21-5-3-4-19(14-21)16-24-10-12-27-13-11-24/h3-9,14,18H,10-13,15-16H2,1-2H3,(H,23,25)/t18-/m1/s1. The van der Waals surface area contributed by atoms with Crippen LogP contribution in [0.2, 0.25) is 0 Å². The Kier molecular flexibility index (Phi) is 7.18.